The minimum absolute atomic E-state index is 0.284. The third-order valence-corrected chi connectivity index (χ3v) is 3.71. The van der Waals surface area contributed by atoms with Crippen LogP contribution in [0.25, 0.3) is 0 Å². The molecule has 1 saturated carbocycles. The molecule has 0 radical (unpaired) electrons. The molecule has 0 bridgehead atoms. The van der Waals surface area contributed by atoms with Crippen molar-refractivity contribution in [1.29, 1.82) is 0 Å². The highest BCUT2D eigenvalue weighted by molar-refractivity contribution is 5.35. The molecule has 1 aliphatic carbocycles. The van der Waals surface area contributed by atoms with Crippen LogP contribution in [0.5, 0.6) is 5.88 Å². The van der Waals surface area contributed by atoms with Gasteiger partial charge in [-0.1, -0.05) is 19.3 Å². The summed E-state index contributed by atoms with van der Waals surface area (Å²) in [7, 11) is 0. The topological polar surface area (TPSA) is 73.1 Å². The first-order valence-electron chi connectivity index (χ1n) is 7.25. The van der Waals surface area contributed by atoms with Gasteiger partial charge in [-0.3, -0.25) is 4.98 Å². The fourth-order valence-electron chi connectivity index (χ4n) is 2.73. The summed E-state index contributed by atoms with van der Waals surface area (Å²) >= 11 is 0. The Kier molecular flexibility index (Phi) is 5.39. The second-order valence-electron chi connectivity index (χ2n) is 5.06. The summed E-state index contributed by atoms with van der Waals surface area (Å²) in [5.74, 6) is 1.97. The SMILES string of the molecule is CCOc1cncc(NC(CN)C2CCCCC2)n1. The summed E-state index contributed by atoms with van der Waals surface area (Å²) in [6, 6.07) is 0.284. The summed E-state index contributed by atoms with van der Waals surface area (Å²) in [6.07, 6.45) is 9.86. The highest BCUT2D eigenvalue weighted by Gasteiger charge is 2.22. The summed E-state index contributed by atoms with van der Waals surface area (Å²) in [6.45, 7) is 3.17. The van der Waals surface area contributed by atoms with Gasteiger partial charge in [0.15, 0.2) is 0 Å². The molecule has 2 rings (SSSR count). The Morgan fingerprint density at radius 3 is 2.84 bits per heavy atom. The number of rotatable bonds is 6. The van der Waals surface area contributed by atoms with E-state index in [-0.39, 0.29) is 6.04 Å². The average molecular weight is 264 g/mol. The van der Waals surface area contributed by atoms with Crippen LogP contribution in [0.4, 0.5) is 5.82 Å². The van der Waals surface area contributed by atoms with Crippen LogP contribution in [-0.2, 0) is 0 Å². The van der Waals surface area contributed by atoms with Gasteiger partial charge in [0.2, 0.25) is 5.88 Å². The summed E-state index contributed by atoms with van der Waals surface area (Å²) in [5.41, 5.74) is 5.91. The minimum Gasteiger partial charge on any atom is -0.477 e. The molecule has 3 N–H and O–H groups in total. The highest BCUT2D eigenvalue weighted by atomic mass is 16.5. The first-order valence-corrected chi connectivity index (χ1v) is 7.25. The maximum atomic E-state index is 5.91. The standard InChI is InChI=1S/C14H24N4O/c1-2-19-14-10-16-9-13(18-14)17-12(8-15)11-6-4-3-5-7-11/h9-12H,2-8,15H2,1H3,(H,17,18). The van der Waals surface area contributed by atoms with Crippen LogP contribution in [0.15, 0.2) is 12.4 Å². The second kappa shape index (κ2) is 7.28. The Morgan fingerprint density at radius 1 is 1.37 bits per heavy atom. The van der Waals surface area contributed by atoms with Crippen molar-refractivity contribution in [1.82, 2.24) is 9.97 Å². The van der Waals surface area contributed by atoms with Crippen molar-refractivity contribution >= 4 is 5.82 Å². The van der Waals surface area contributed by atoms with Crippen molar-refractivity contribution in [2.24, 2.45) is 11.7 Å². The van der Waals surface area contributed by atoms with E-state index >= 15 is 0 Å². The lowest BCUT2D eigenvalue weighted by molar-refractivity contribution is 0.317. The smallest absolute Gasteiger partial charge is 0.234 e. The summed E-state index contributed by atoms with van der Waals surface area (Å²) < 4.78 is 5.36. The average Bonchev–Trinajstić information content (AvgIpc) is 2.46. The van der Waals surface area contributed by atoms with Crippen LogP contribution in [0.3, 0.4) is 0 Å². The minimum atomic E-state index is 0.284. The van der Waals surface area contributed by atoms with Crippen LogP contribution in [0.1, 0.15) is 39.0 Å². The quantitative estimate of drug-likeness (QED) is 0.824. The number of nitrogens with two attached hydrogens (primary N) is 1. The number of aromatic nitrogens is 2. The zero-order chi connectivity index (χ0) is 13.5. The van der Waals surface area contributed by atoms with Crippen LogP contribution in [-0.4, -0.2) is 29.2 Å². The predicted octanol–water partition coefficient (Wildman–Crippen LogP) is 2.19. The lowest BCUT2D eigenvalue weighted by Gasteiger charge is -2.30. The number of ether oxygens (including phenoxy) is 1. The van der Waals surface area contributed by atoms with Gasteiger partial charge in [-0.05, 0) is 25.7 Å². The lowest BCUT2D eigenvalue weighted by Crippen LogP contribution is -2.37. The zero-order valence-electron chi connectivity index (χ0n) is 11.6. The zero-order valence-corrected chi connectivity index (χ0v) is 11.6. The lowest BCUT2D eigenvalue weighted by atomic mass is 9.84. The fourth-order valence-corrected chi connectivity index (χ4v) is 2.73. The van der Waals surface area contributed by atoms with E-state index < -0.39 is 0 Å². The molecule has 0 aliphatic heterocycles. The maximum absolute atomic E-state index is 5.91. The molecular formula is C14H24N4O. The van der Waals surface area contributed by atoms with E-state index in [4.69, 9.17) is 10.5 Å². The van der Waals surface area contributed by atoms with E-state index in [0.29, 0.717) is 24.9 Å². The molecule has 5 heteroatoms. The number of hydrogen-bond donors (Lipinski definition) is 2. The van der Waals surface area contributed by atoms with E-state index in [2.05, 4.69) is 15.3 Å². The largest absolute Gasteiger partial charge is 0.477 e. The maximum Gasteiger partial charge on any atom is 0.234 e. The second-order valence-corrected chi connectivity index (χ2v) is 5.06. The van der Waals surface area contributed by atoms with E-state index in [1.165, 1.54) is 32.1 Å². The molecule has 1 heterocycles. The molecule has 1 aromatic heterocycles. The Bertz CT molecular complexity index is 379. The van der Waals surface area contributed by atoms with Gasteiger partial charge in [0.05, 0.1) is 19.0 Å². The summed E-state index contributed by atoms with van der Waals surface area (Å²) in [4.78, 5) is 8.54. The molecule has 1 aliphatic rings. The van der Waals surface area contributed by atoms with Gasteiger partial charge in [0.1, 0.15) is 5.82 Å². The van der Waals surface area contributed by atoms with Crippen LogP contribution >= 0.6 is 0 Å². The number of anilines is 1. The molecule has 1 fully saturated rings. The number of nitrogens with one attached hydrogen (secondary N) is 1. The van der Waals surface area contributed by atoms with E-state index in [1.807, 2.05) is 6.92 Å². The third-order valence-electron chi connectivity index (χ3n) is 3.71. The number of hydrogen-bond acceptors (Lipinski definition) is 5. The van der Waals surface area contributed by atoms with Crippen molar-refractivity contribution in [3.63, 3.8) is 0 Å². The fraction of sp³-hybridized carbons (Fsp3) is 0.714. The Labute approximate surface area is 115 Å². The first kappa shape index (κ1) is 14.1. The van der Waals surface area contributed by atoms with Gasteiger partial charge >= 0.3 is 0 Å². The molecule has 0 amide bonds. The highest BCUT2D eigenvalue weighted by Crippen LogP contribution is 2.27. The van der Waals surface area contributed by atoms with Crippen molar-refractivity contribution in [3.8, 4) is 5.88 Å². The van der Waals surface area contributed by atoms with Crippen molar-refractivity contribution < 1.29 is 4.74 Å². The molecule has 106 valence electrons. The van der Waals surface area contributed by atoms with Crippen molar-refractivity contribution in [3.05, 3.63) is 12.4 Å². The van der Waals surface area contributed by atoms with Gasteiger partial charge in [-0.2, -0.15) is 4.98 Å². The molecule has 19 heavy (non-hydrogen) atoms. The van der Waals surface area contributed by atoms with E-state index in [1.54, 1.807) is 12.4 Å². The molecule has 5 nitrogen and oxygen atoms in total. The normalized spacial score (nSPS) is 18.0. The Morgan fingerprint density at radius 2 is 2.16 bits per heavy atom. The molecule has 1 atom stereocenters. The van der Waals surface area contributed by atoms with Gasteiger partial charge in [-0.25, -0.2) is 0 Å². The molecule has 0 saturated heterocycles. The van der Waals surface area contributed by atoms with E-state index in [0.717, 1.165) is 5.82 Å². The van der Waals surface area contributed by atoms with Crippen LogP contribution in [0.2, 0.25) is 0 Å². The Balaban J connectivity index is 1.98. The van der Waals surface area contributed by atoms with Gasteiger partial charge in [-0.15, -0.1) is 0 Å². The van der Waals surface area contributed by atoms with Crippen molar-refractivity contribution in [2.75, 3.05) is 18.5 Å². The summed E-state index contributed by atoms with van der Waals surface area (Å²) in [5, 5.41) is 3.42. The molecule has 0 spiro atoms. The third kappa shape index (κ3) is 4.06. The van der Waals surface area contributed by atoms with Gasteiger partial charge in [0.25, 0.3) is 0 Å². The van der Waals surface area contributed by atoms with Crippen LogP contribution < -0.4 is 15.8 Å². The predicted molar refractivity (Wildman–Crippen MR) is 76.2 cm³/mol. The Hall–Kier alpha value is -1.36. The van der Waals surface area contributed by atoms with Gasteiger partial charge < -0.3 is 15.8 Å². The molecule has 1 aromatic rings. The number of nitrogens with zero attached hydrogens (tertiary/aromatic N) is 2. The molecule has 1 unspecified atom stereocenters. The molecule has 0 aromatic carbocycles. The molecular weight excluding hydrogens is 240 g/mol. The monoisotopic (exact) mass is 264 g/mol. The van der Waals surface area contributed by atoms with Crippen LogP contribution in [0, 0.1) is 5.92 Å². The van der Waals surface area contributed by atoms with E-state index in [9.17, 15) is 0 Å². The van der Waals surface area contributed by atoms with Crippen molar-refractivity contribution in [2.45, 2.75) is 45.1 Å². The van der Waals surface area contributed by atoms with Gasteiger partial charge in [0, 0.05) is 12.6 Å². The first-order chi connectivity index (χ1) is 9.33.